The highest BCUT2D eigenvalue weighted by Gasteiger charge is 2.20. The van der Waals surface area contributed by atoms with Gasteiger partial charge in [-0.1, -0.05) is 11.8 Å². The molecule has 1 atom stereocenters. The normalized spacial score (nSPS) is 11.6. The van der Waals surface area contributed by atoms with Gasteiger partial charge in [0, 0.05) is 17.8 Å². The predicted molar refractivity (Wildman–Crippen MR) is 115 cm³/mol. The van der Waals surface area contributed by atoms with Gasteiger partial charge in [0.25, 0.3) is 5.91 Å². The van der Waals surface area contributed by atoms with E-state index in [0.29, 0.717) is 17.6 Å². The van der Waals surface area contributed by atoms with Gasteiger partial charge in [0.2, 0.25) is 5.91 Å². The summed E-state index contributed by atoms with van der Waals surface area (Å²) in [7, 11) is 0. The standard InChI is InChI=1S/C21H23F3N4O4S/c1-10-13(11(2)27-21(26-10)33-4)5-8-17(30)32-12(3)20(31)25-9-16(29)28-15-7-6-14(22)18(23)19(15)24/h6-7,12H,5,8-9H2,1-4H3,(H,25,31)(H,28,29). The molecule has 0 saturated carbocycles. The van der Waals surface area contributed by atoms with Gasteiger partial charge in [-0.05, 0) is 51.1 Å². The molecule has 178 valence electrons. The monoisotopic (exact) mass is 484 g/mol. The summed E-state index contributed by atoms with van der Waals surface area (Å²) in [6.07, 6.45) is 1.00. The molecule has 8 nitrogen and oxygen atoms in total. The van der Waals surface area contributed by atoms with Crippen molar-refractivity contribution in [3.8, 4) is 0 Å². The summed E-state index contributed by atoms with van der Waals surface area (Å²) in [5.41, 5.74) is 1.76. The van der Waals surface area contributed by atoms with E-state index >= 15 is 0 Å². The van der Waals surface area contributed by atoms with Crippen molar-refractivity contribution in [3.63, 3.8) is 0 Å². The molecule has 33 heavy (non-hydrogen) atoms. The number of hydrogen-bond donors (Lipinski definition) is 2. The van der Waals surface area contributed by atoms with Gasteiger partial charge in [-0.3, -0.25) is 14.4 Å². The molecule has 2 aromatic rings. The number of nitrogens with zero attached hydrogens (tertiary/aromatic N) is 2. The van der Waals surface area contributed by atoms with E-state index in [1.807, 2.05) is 25.4 Å². The minimum Gasteiger partial charge on any atom is -0.453 e. The van der Waals surface area contributed by atoms with Crippen LogP contribution in [0.5, 0.6) is 0 Å². The second kappa shape index (κ2) is 11.6. The number of anilines is 1. The first-order valence-electron chi connectivity index (χ1n) is 9.82. The SMILES string of the molecule is CSc1nc(C)c(CCC(=O)OC(C)C(=O)NCC(=O)Nc2ccc(F)c(F)c2F)c(C)n1. The lowest BCUT2D eigenvalue weighted by Crippen LogP contribution is -2.40. The zero-order valence-electron chi connectivity index (χ0n) is 18.4. The molecule has 0 aliphatic carbocycles. The van der Waals surface area contributed by atoms with Crippen molar-refractivity contribution < 1.29 is 32.3 Å². The Labute approximate surface area is 192 Å². The number of thioether (sulfide) groups is 1. The maximum absolute atomic E-state index is 13.6. The average Bonchev–Trinajstić information content (AvgIpc) is 2.76. The fourth-order valence-electron chi connectivity index (χ4n) is 2.83. The second-order valence-electron chi connectivity index (χ2n) is 6.98. The van der Waals surface area contributed by atoms with Crippen molar-refractivity contribution in [3.05, 3.63) is 46.5 Å². The van der Waals surface area contributed by atoms with Gasteiger partial charge in [0.15, 0.2) is 28.7 Å². The second-order valence-corrected chi connectivity index (χ2v) is 7.75. The Balaban J connectivity index is 1.81. The molecular formula is C21H23F3N4O4S. The molecule has 1 aromatic heterocycles. The van der Waals surface area contributed by atoms with Gasteiger partial charge in [0.1, 0.15) is 0 Å². The zero-order valence-corrected chi connectivity index (χ0v) is 19.2. The zero-order chi connectivity index (χ0) is 24.7. The number of aromatic nitrogens is 2. The number of carbonyl (C=O) groups excluding carboxylic acids is 3. The third-order valence-corrected chi connectivity index (χ3v) is 5.12. The molecule has 0 radical (unpaired) electrons. The van der Waals surface area contributed by atoms with Crippen LogP contribution in [0.4, 0.5) is 18.9 Å². The summed E-state index contributed by atoms with van der Waals surface area (Å²) < 4.78 is 44.8. The number of ether oxygens (including phenoxy) is 1. The minimum absolute atomic E-state index is 0.00281. The Morgan fingerprint density at radius 1 is 1.09 bits per heavy atom. The number of aryl methyl sites for hydroxylation is 2. The van der Waals surface area contributed by atoms with Gasteiger partial charge < -0.3 is 15.4 Å². The Hall–Kier alpha value is -3.15. The fraction of sp³-hybridized carbons (Fsp3) is 0.381. The molecule has 0 fully saturated rings. The fourth-order valence-corrected chi connectivity index (χ4v) is 3.28. The molecule has 0 saturated heterocycles. The number of rotatable bonds is 9. The number of nitrogens with one attached hydrogen (secondary N) is 2. The highest BCUT2D eigenvalue weighted by molar-refractivity contribution is 7.98. The quantitative estimate of drug-likeness (QED) is 0.244. The van der Waals surface area contributed by atoms with Crippen LogP contribution in [0, 0.1) is 31.3 Å². The molecular weight excluding hydrogens is 461 g/mol. The predicted octanol–water partition coefficient (Wildman–Crippen LogP) is 2.85. The highest BCUT2D eigenvalue weighted by Crippen LogP contribution is 2.19. The largest absolute Gasteiger partial charge is 0.453 e. The Morgan fingerprint density at radius 3 is 2.33 bits per heavy atom. The average molecular weight is 485 g/mol. The van der Waals surface area contributed by atoms with Crippen LogP contribution in [-0.2, 0) is 25.5 Å². The van der Waals surface area contributed by atoms with Gasteiger partial charge in [-0.15, -0.1) is 0 Å². The lowest BCUT2D eigenvalue weighted by atomic mass is 10.1. The molecule has 12 heteroatoms. The third kappa shape index (κ3) is 7.17. The van der Waals surface area contributed by atoms with Crippen molar-refractivity contribution >= 4 is 35.2 Å². The maximum Gasteiger partial charge on any atom is 0.306 e. The summed E-state index contributed by atoms with van der Waals surface area (Å²) in [4.78, 5) is 44.7. The first-order valence-corrected chi connectivity index (χ1v) is 11.0. The number of esters is 1. The lowest BCUT2D eigenvalue weighted by Gasteiger charge is -2.14. The van der Waals surface area contributed by atoms with Crippen LogP contribution in [0.3, 0.4) is 0 Å². The minimum atomic E-state index is -1.73. The van der Waals surface area contributed by atoms with Crippen LogP contribution >= 0.6 is 11.8 Å². The summed E-state index contributed by atoms with van der Waals surface area (Å²) in [6.45, 7) is 4.37. The van der Waals surface area contributed by atoms with Gasteiger partial charge in [-0.25, -0.2) is 23.1 Å². The Kier molecular flexibility index (Phi) is 9.21. The van der Waals surface area contributed by atoms with Crippen LogP contribution in [0.15, 0.2) is 17.3 Å². The number of benzene rings is 1. The van der Waals surface area contributed by atoms with E-state index in [9.17, 15) is 27.6 Å². The van der Waals surface area contributed by atoms with Crippen LogP contribution in [0.1, 0.15) is 30.3 Å². The van der Waals surface area contributed by atoms with Crippen molar-refractivity contribution in [2.24, 2.45) is 0 Å². The topological polar surface area (TPSA) is 110 Å². The van der Waals surface area contributed by atoms with Crippen LogP contribution in [0.2, 0.25) is 0 Å². The third-order valence-electron chi connectivity index (χ3n) is 4.57. The summed E-state index contributed by atoms with van der Waals surface area (Å²) in [6, 6.07) is 1.50. The highest BCUT2D eigenvalue weighted by atomic mass is 32.2. The first kappa shape index (κ1) is 26.1. The van der Waals surface area contributed by atoms with E-state index in [2.05, 4.69) is 15.3 Å². The van der Waals surface area contributed by atoms with E-state index in [-0.39, 0.29) is 6.42 Å². The van der Waals surface area contributed by atoms with Crippen LogP contribution in [-0.4, -0.2) is 46.7 Å². The molecule has 2 amide bonds. The number of carbonyl (C=O) groups is 3. The van der Waals surface area contributed by atoms with E-state index in [1.54, 1.807) is 0 Å². The van der Waals surface area contributed by atoms with Crippen molar-refractivity contribution in [1.82, 2.24) is 15.3 Å². The molecule has 2 N–H and O–H groups in total. The van der Waals surface area contributed by atoms with Crippen LogP contribution in [0.25, 0.3) is 0 Å². The molecule has 0 aliphatic heterocycles. The van der Waals surface area contributed by atoms with E-state index in [0.717, 1.165) is 23.0 Å². The number of amides is 2. The lowest BCUT2D eigenvalue weighted by molar-refractivity contribution is -0.154. The Bertz CT molecular complexity index is 1050. The maximum atomic E-state index is 13.6. The molecule has 1 aromatic carbocycles. The van der Waals surface area contributed by atoms with E-state index < -0.39 is 53.6 Å². The van der Waals surface area contributed by atoms with Crippen molar-refractivity contribution in [1.29, 1.82) is 0 Å². The van der Waals surface area contributed by atoms with Gasteiger partial charge in [0.05, 0.1) is 12.2 Å². The van der Waals surface area contributed by atoms with Gasteiger partial charge in [-0.2, -0.15) is 0 Å². The van der Waals surface area contributed by atoms with Crippen LogP contribution < -0.4 is 10.6 Å². The van der Waals surface area contributed by atoms with Crippen molar-refractivity contribution in [2.45, 2.75) is 44.9 Å². The van der Waals surface area contributed by atoms with Gasteiger partial charge >= 0.3 is 5.97 Å². The summed E-state index contributed by atoms with van der Waals surface area (Å²) >= 11 is 1.41. The van der Waals surface area contributed by atoms with E-state index in [4.69, 9.17) is 4.74 Å². The molecule has 1 heterocycles. The summed E-state index contributed by atoms with van der Waals surface area (Å²) in [5.74, 6) is -6.95. The molecule has 1 unspecified atom stereocenters. The Morgan fingerprint density at radius 2 is 1.73 bits per heavy atom. The van der Waals surface area contributed by atoms with E-state index in [1.165, 1.54) is 18.7 Å². The number of halogens is 3. The summed E-state index contributed by atoms with van der Waals surface area (Å²) in [5, 5.41) is 4.87. The smallest absolute Gasteiger partial charge is 0.306 e. The number of hydrogen-bond acceptors (Lipinski definition) is 7. The molecule has 2 rings (SSSR count). The molecule has 0 spiro atoms. The molecule has 0 aliphatic rings. The first-order chi connectivity index (χ1) is 15.5. The van der Waals surface area contributed by atoms with Crippen molar-refractivity contribution in [2.75, 3.05) is 18.1 Å². The molecule has 0 bridgehead atoms.